The molecule has 9 nitrogen and oxygen atoms in total. The summed E-state index contributed by atoms with van der Waals surface area (Å²) in [5, 5.41) is 14.5. The van der Waals surface area contributed by atoms with Crippen LogP contribution in [0.1, 0.15) is 15.9 Å². The second-order valence-corrected chi connectivity index (χ2v) is 8.09. The topological polar surface area (TPSA) is 111 Å². The summed E-state index contributed by atoms with van der Waals surface area (Å²) in [5.74, 6) is 0.00386. The number of rotatable bonds is 5. The summed E-state index contributed by atoms with van der Waals surface area (Å²) in [6, 6.07) is 17.4. The van der Waals surface area contributed by atoms with E-state index < -0.39 is 10.8 Å². The van der Waals surface area contributed by atoms with Gasteiger partial charge in [0.05, 0.1) is 18.1 Å². The first kappa shape index (κ1) is 21.6. The molecule has 0 unspecified atom stereocenters. The number of nitrogens with one attached hydrogen (secondary N) is 1. The maximum absolute atomic E-state index is 12.9. The number of morpholine rings is 1. The maximum Gasteiger partial charge on any atom is 0.293 e. The minimum Gasteiger partial charge on any atom is -0.436 e. The number of amides is 1. The van der Waals surface area contributed by atoms with Gasteiger partial charge in [0.2, 0.25) is 5.89 Å². The fraction of sp³-hybridized carbons (Fsp3) is 0.200. The van der Waals surface area contributed by atoms with Crippen molar-refractivity contribution in [1.82, 2.24) is 4.98 Å². The van der Waals surface area contributed by atoms with Crippen LogP contribution in [-0.4, -0.2) is 42.1 Å². The van der Waals surface area contributed by atoms with Crippen LogP contribution in [0, 0.1) is 17.0 Å². The Kier molecular flexibility index (Phi) is 5.69. The molecule has 1 aromatic heterocycles. The first-order chi connectivity index (χ1) is 16.5. The minimum absolute atomic E-state index is 0.106. The summed E-state index contributed by atoms with van der Waals surface area (Å²) in [6.45, 7) is 4.13. The zero-order chi connectivity index (χ0) is 23.7. The van der Waals surface area contributed by atoms with Gasteiger partial charge in [-0.15, -0.1) is 0 Å². The van der Waals surface area contributed by atoms with Crippen molar-refractivity contribution in [2.45, 2.75) is 6.92 Å². The van der Waals surface area contributed by atoms with Gasteiger partial charge >= 0.3 is 0 Å². The Balaban J connectivity index is 1.38. The molecule has 2 heterocycles. The van der Waals surface area contributed by atoms with E-state index in [9.17, 15) is 14.9 Å². The Morgan fingerprint density at radius 1 is 1.09 bits per heavy atom. The van der Waals surface area contributed by atoms with Crippen LogP contribution >= 0.6 is 0 Å². The number of carbonyl (C=O) groups is 1. The summed E-state index contributed by atoms with van der Waals surface area (Å²) >= 11 is 0. The van der Waals surface area contributed by atoms with Crippen molar-refractivity contribution in [2.75, 3.05) is 36.5 Å². The number of fused-ring (bicyclic) bond motifs is 1. The van der Waals surface area contributed by atoms with Gasteiger partial charge in [0.25, 0.3) is 11.6 Å². The molecule has 0 atom stereocenters. The molecule has 1 fully saturated rings. The number of oxazole rings is 1. The molecule has 0 spiro atoms. The van der Waals surface area contributed by atoms with Gasteiger partial charge in [-0.2, -0.15) is 0 Å². The Morgan fingerprint density at radius 2 is 1.91 bits per heavy atom. The third-order valence-electron chi connectivity index (χ3n) is 5.70. The van der Waals surface area contributed by atoms with Crippen LogP contribution in [0.4, 0.5) is 17.1 Å². The summed E-state index contributed by atoms with van der Waals surface area (Å²) in [7, 11) is 0. The lowest BCUT2D eigenvalue weighted by molar-refractivity contribution is -0.384. The van der Waals surface area contributed by atoms with Crippen LogP contribution in [-0.2, 0) is 4.74 Å². The molecular weight excluding hydrogens is 436 g/mol. The SMILES string of the molecule is Cc1ccc2oc(-c3cccc(NC(=O)c4ccc(N5CCOCC5)c([N+](=O)[O-])c4)c3)nc2c1. The van der Waals surface area contributed by atoms with E-state index in [1.807, 2.05) is 36.1 Å². The highest BCUT2D eigenvalue weighted by molar-refractivity contribution is 6.05. The highest BCUT2D eigenvalue weighted by Crippen LogP contribution is 2.31. The second-order valence-electron chi connectivity index (χ2n) is 8.09. The lowest BCUT2D eigenvalue weighted by Crippen LogP contribution is -2.36. The fourth-order valence-corrected chi connectivity index (χ4v) is 3.98. The Labute approximate surface area is 195 Å². The Bertz CT molecular complexity index is 1390. The minimum atomic E-state index is -0.461. The van der Waals surface area contributed by atoms with Gasteiger partial charge in [-0.3, -0.25) is 14.9 Å². The van der Waals surface area contributed by atoms with E-state index in [1.165, 1.54) is 6.07 Å². The molecule has 3 aromatic carbocycles. The van der Waals surface area contributed by atoms with Crippen molar-refractivity contribution in [3.05, 3.63) is 81.9 Å². The number of hydrogen-bond donors (Lipinski definition) is 1. The zero-order valence-electron chi connectivity index (χ0n) is 18.5. The predicted octanol–water partition coefficient (Wildman–Crippen LogP) is 4.80. The van der Waals surface area contributed by atoms with Gasteiger partial charge < -0.3 is 19.4 Å². The van der Waals surface area contributed by atoms with Gasteiger partial charge in [0.1, 0.15) is 11.2 Å². The van der Waals surface area contributed by atoms with E-state index in [-0.39, 0.29) is 11.3 Å². The van der Waals surface area contributed by atoms with Gasteiger partial charge in [-0.05, 0) is 55.0 Å². The smallest absolute Gasteiger partial charge is 0.293 e. The van der Waals surface area contributed by atoms with Crippen LogP contribution in [0.15, 0.2) is 65.1 Å². The Hall–Kier alpha value is -4.24. The van der Waals surface area contributed by atoms with Crippen molar-refractivity contribution >= 4 is 34.1 Å². The van der Waals surface area contributed by atoms with Gasteiger partial charge in [-0.25, -0.2) is 4.98 Å². The Morgan fingerprint density at radius 3 is 2.71 bits per heavy atom. The summed E-state index contributed by atoms with van der Waals surface area (Å²) < 4.78 is 11.2. The molecule has 0 aliphatic carbocycles. The molecule has 1 saturated heterocycles. The van der Waals surface area contributed by atoms with E-state index in [0.29, 0.717) is 54.7 Å². The summed E-state index contributed by atoms with van der Waals surface area (Å²) in [5.41, 5.74) is 4.35. The van der Waals surface area contributed by atoms with E-state index >= 15 is 0 Å². The molecule has 1 aliphatic heterocycles. The average molecular weight is 458 g/mol. The average Bonchev–Trinajstić information content (AvgIpc) is 3.27. The molecule has 34 heavy (non-hydrogen) atoms. The van der Waals surface area contributed by atoms with Crippen molar-refractivity contribution in [3.63, 3.8) is 0 Å². The van der Waals surface area contributed by atoms with Gasteiger partial charge in [-0.1, -0.05) is 12.1 Å². The highest BCUT2D eigenvalue weighted by atomic mass is 16.6. The molecular formula is C25H22N4O5. The van der Waals surface area contributed by atoms with E-state index in [0.717, 1.165) is 11.1 Å². The van der Waals surface area contributed by atoms with Crippen LogP contribution in [0.3, 0.4) is 0 Å². The number of nitro benzene ring substituents is 1. The normalized spacial score (nSPS) is 13.7. The quantitative estimate of drug-likeness (QED) is 0.338. The number of hydrogen-bond acceptors (Lipinski definition) is 7. The lowest BCUT2D eigenvalue weighted by Gasteiger charge is -2.28. The van der Waals surface area contributed by atoms with E-state index in [1.54, 1.807) is 30.3 Å². The molecule has 5 rings (SSSR count). The molecule has 9 heteroatoms. The van der Waals surface area contributed by atoms with Gasteiger partial charge in [0.15, 0.2) is 5.58 Å². The third kappa shape index (κ3) is 4.33. The van der Waals surface area contributed by atoms with Crippen LogP contribution in [0.5, 0.6) is 0 Å². The first-order valence-corrected chi connectivity index (χ1v) is 10.9. The molecule has 1 aliphatic rings. The molecule has 0 saturated carbocycles. The number of anilines is 2. The van der Waals surface area contributed by atoms with Crippen molar-refractivity contribution in [2.24, 2.45) is 0 Å². The molecule has 0 radical (unpaired) electrons. The number of carbonyl (C=O) groups excluding carboxylic acids is 1. The van der Waals surface area contributed by atoms with Crippen molar-refractivity contribution in [1.29, 1.82) is 0 Å². The fourth-order valence-electron chi connectivity index (χ4n) is 3.98. The lowest BCUT2D eigenvalue weighted by atomic mass is 10.1. The van der Waals surface area contributed by atoms with Crippen molar-refractivity contribution in [3.8, 4) is 11.5 Å². The molecule has 1 N–H and O–H groups in total. The third-order valence-corrected chi connectivity index (χ3v) is 5.70. The van der Waals surface area contributed by atoms with Crippen LogP contribution in [0.25, 0.3) is 22.6 Å². The van der Waals surface area contributed by atoms with E-state index in [4.69, 9.17) is 9.15 Å². The summed E-state index contributed by atoms with van der Waals surface area (Å²) in [4.78, 5) is 30.6. The van der Waals surface area contributed by atoms with Crippen LogP contribution < -0.4 is 10.2 Å². The largest absolute Gasteiger partial charge is 0.436 e. The standard InChI is InChI=1S/C25H22N4O5/c1-16-5-8-23-20(13-16)27-25(34-23)18-3-2-4-19(14-18)26-24(30)17-6-7-21(22(15-17)29(31)32)28-9-11-33-12-10-28/h2-8,13-15H,9-12H2,1H3,(H,26,30). The maximum atomic E-state index is 12.9. The second kappa shape index (κ2) is 8.95. The monoisotopic (exact) mass is 458 g/mol. The number of nitrogens with zero attached hydrogens (tertiary/aromatic N) is 3. The zero-order valence-corrected chi connectivity index (χ0v) is 18.5. The number of aryl methyl sites for hydroxylation is 1. The molecule has 4 aromatic rings. The predicted molar refractivity (Wildman–Crippen MR) is 128 cm³/mol. The molecule has 0 bridgehead atoms. The van der Waals surface area contributed by atoms with Crippen LogP contribution in [0.2, 0.25) is 0 Å². The van der Waals surface area contributed by atoms with Gasteiger partial charge in [0, 0.05) is 36.0 Å². The molecule has 172 valence electrons. The van der Waals surface area contributed by atoms with Crippen molar-refractivity contribution < 1.29 is 18.9 Å². The molecule has 1 amide bonds. The van der Waals surface area contributed by atoms with E-state index in [2.05, 4.69) is 10.3 Å². The number of nitro groups is 1. The summed E-state index contributed by atoms with van der Waals surface area (Å²) in [6.07, 6.45) is 0. The first-order valence-electron chi connectivity index (χ1n) is 10.9. The number of ether oxygens (including phenoxy) is 1. The number of benzene rings is 3. The highest BCUT2D eigenvalue weighted by Gasteiger charge is 2.23. The number of aromatic nitrogens is 1.